The van der Waals surface area contributed by atoms with Gasteiger partial charge in [-0.25, -0.2) is 22.5 Å². The molecule has 0 unspecified atom stereocenters. The van der Waals surface area contributed by atoms with Gasteiger partial charge in [0.2, 0.25) is 5.82 Å². The van der Waals surface area contributed by atoms with E-state index in [0.29, 0.717) is 12.1 Å². The number of nitrogens with zero attached hydrogens (tertiary/aromatic N) is 2. The van der Waals surface area contributed by atoms with Gasteiger partial charge in [-0.3, -0.25) is 14.4 Å². The summed E-state index contributed by atoms with van der Waals surface area (Å²) in [5, 5.41) is 4.13. The Labute approximate surface area is 227 Å². The van der Waals surface area contributed by atoms with E-state index in [1.165, 1.54) is 13.0 Å². The van der Waals surface area contributed by atoms with E-state index in [-0.39, 0.29) is 22.3 Å². The lowest BCUT2D eigenvalue weighted by atomic mass is 9.96. The molecule has 214 valence electrons. The Morgan fingerprint density at radius 3 is 2.30 bits per heavy atom. The van der Waals surface area contributed by atoms with Gasteiger partial charge >= 0.3 is 6.18 Å². The predicted octanol–water partition coefficient (Wildman–Crippen LogP) is 5.82. The highest BCUT2D eigenvalue weighted by atomic mass is 35.5. The third kappa shape index (κ3) is 7.17. The number of halogens is 8. The number of aromatic nitrogens is 2. The molecular formula is C25H20ClF7N4O3. The number of carbonyl (C=O) groups excluding carboxylic acids is 3. The van der Waals surface area contributed by atoms with Gasteiger partial charge in [-0.2, -0.15) is 13.2 Å². The number of hydrogen-bond donors (Lipinski definition) is 2. The lowest BCUT2D eigenvalue weighted by Gasteiger charge is -2.19. The summed E-state index contributed by atoms with van der Waals surface area (Å²) >= 11 is 6.22. The highest BCUT2D eigenvalue weighted by molar-refractivity contribution is 6.31. The number of nitrogens with one attached hydrogen (secondary N) is 2. The zero-order chi connectivity index (χ0) is 29.9. The van der Waals surface area contributed by atoms with Gasteiger partial charge in [0.05, 0.1) is 24.3 Å². The second-order valence-corrected chi connectivity index (χ2v) is 9.03. The summed E-state index contributed by atoms with van der Waals surface area (Å²) in [4.78, 5) is 41.8. The van der Waals surface area contributed by atoms with Crippen LogP contribution in [0.15, 0.2) is 36.4 Å². The lowest BCUT2D eigenvalue weighted by molar-refractivity contribution is -0.137. The van der Waals surface area contributed by atoms with Crippen molar-refractivity contribution in [1.29, 1.82) is 0 Å². The second kappa shape index (κ2) is 12.1. The summed E-state index contributed by atoms with van der Waals surface area (Å²) in [7, 11) is 0. The second-order valence-electron chi connectivity index (χ2n) is 8.63. The van der Waals surface area contributed by atoms with Gasteiger partial charge in [0.1, 0.15) is 17.4 Å². The molecule has 2 aromatic carbocycles. The van der Waals surface area contributed by atoms with Gasteiger partial charge in [-0.1, -0.05) is 18.5 Å². The van der Waals surface area contributed by atoms with Crippen LogP contribution in [0, 0.1) is 11.6 Å². The molecule has 15 heteroatoms. The molecule has 40 heavy (non-hydrogen) atoms. The highest BCUT2D eigenvalue weighted by Crippen LogP contribution is 2.36. The standard InChI is InChI=1S/C25H20ClF7N4O3/c1-11(38)10-37-20(12(2)17-8-15(27)3-4-18(17)26)21(35-22(37)24(40)34-9-19(29)30)36-23(39)13-5-14(25(31,32)33)7-16(28)6-13/h3-8,12,19H,9-10H2,1-2H3,(H,34,40)(H,36,39)/t12-/m0/s1. The van der Waals surface area contributed by atoms with Crippen molar-refractivity contribution in [2.45, 2.75) is 38.9 Å². The molecule has 1 atom stereocenters. The van der Waals surface area contributed by atoms with E-state index < -0.39 is 83.6 Å². The molecule has 2 amide bonds. The number of imidazole rings is 1. The van der Waals surface area contributed by atoms with Gasteiger partial charge in [-0.15, -0.1) is 0 Å². The molecule has 3 rings (SSSR count). The minimum absolute atomic E-state index is 0.0328. The molecule has 7 nitrogen and oxygen atoms in total. The molecule has 3 aromatic rings. The Bertz CT molecular complexity index is 1460. The number of amides is 2. The summed E-state index contributed by atoms with van der Waals surface area (Å²) < 4.78 is 94.0. The molecular weight excluding hydrogens is 573 g/mol. The zero-order valence-electron chi connectivity index (χ0n) is 20.7. The van der Waals surface area contributed by atoms with E-state index >= 15 is 0 Å². The first-order valence-electron chi connectivity index (χ1n) is 11.4. The number of ketones is 1. The molecule has 0 saturated heterocycles. The fourth-order valence-corrected chi connectivity index (χ4v) is 4.14. The van der Waals surface area contributed by atoms with Crippen LogP contribution in [0.4, 0.5) is 36.6 Å². The number of Topliss-reactive ketones (excluding diaryl/α,β-unsaturated/α-hetero) is 1. The van der Waals surface area contributed by atoms with E-state index in [2.05, 4.69) is 10.3 Å². The fourth-order valence-electron chi connectivity index (χ4n) is 3.86. The zero-order valence-corrected chi connectivity index (χ0v) is 21.4. The topological polar surface area (TPSA) is 93.1 Å². The quantitative estimate of drug-likeness (QED) is 0.306. The van der Waals surface area contributed by atoms with Crippen molar-refractivity contribution in [3.05, 3.63) is 81.3 Å². The van der Waals surface area contributed by atoms with Crippen molar-refractivity contribution in [1.82, 2.24) is 14.9 Å². The minimum Gasteiger partial charge on any atom is -0.344 e. The van der Waals surface area contributed by atoms with Crippen LogP contribution in [-0.2, 0) is 17.5 Å². The van der Waals surface area contributed by atoms with Gasteiger partial charge in [-0.05, 0) is 48.9 Å². The number of hydrogen-bond acceptors (Lipinski definition) is 4. The maximum Gasteiger partial charge on any atom is 0.416 e. The van der Waals surface area contributed by atoms with E-state index in [0.717, 1.165) is 23.6 Å². The highest BCUT2D eigenvalue weighted by Gasteiger charge is 2.33. The van der Waals surface area contributed by atoms with Crippen molar-refractivity contribution in [2.75, 3.05) is 11.9 Å². The third-order valence-corrected chi connectivity index (χ3v) is 5.91. The monoisotopic (exact) mass is 592 g/mol. The Kier molecular flexibility index (Phi) is 9.23. The first-order valence-corrected chi connectivity index (χ1v) is 11.8. The molecule has 0 saturated carbocycles. The van der Waals surface area contributed by atoms with Crippen molar-refractivity contribution >= 4 is 35.0 Å². The minimum atomic E-state index is -4.98. The van der Waals surface area contributed by atoms with Crippen molar-refractivity contribution < 1.29 is 45.1 Å². The van der Waals surface area contributed by atoms with E-state index in [1.54, 1.807) is 0 Å². The normalized spacial score (nSPS) is 12.4. The Morgan fingerprint density at radius 1 is 1.02 bits per heavy atom. The largest absolute Gasteiger partial charge is 0.416 e. The van der Waals surface area contributed by atoms with Crippen LogP contribution in [0.3, 0.4) is 0 Å². The Hall–Kier alpha value is -3.94. The molecule has 1 aromatic heterocycles. The van der Waals surface area contributed by atoms with Gasteiger partial charge in [0.15, 0.2) is 5.82 Å². The van der Waals surface area contributed by atoms with E-state index in [4.69, 9.17) is 11.6 Å². The summed E-state index contributed by atoms with van der Waals surface area (Å²) in [5.74, 6) is -7.22. The van der Waals surface area contributed by atoms with Crippen molar-refractivity contribution in [3.63, 3.8) is 0 Å². The number of carbonyl (C=O) groups is 3. The molecule has 1 heterocycles. The molecule has 0 aliphatic heterocycles. The number of anilines is 1. The molecule has 0 spiro atoms. The first kappa shape index (κ1) is 30.6. The number of alkyl halides is 5. The summed E-state index contributed by atoms with van der Waals surface area (Å²) in [6, 6.07) is 4.40. The fraction of sp³-hybridized carbons (Fsp3) is 0.280. The molecule has 0 radical (unpaired) electrons. The SMILES string of the molecule is CC(=O)Cn1c(C(=O)NCC(F)F)nc(NC(=O)c2cc(F)cc(C(F)(F)F)c2)c1[C@@H](C)c1cc(F)ccc1Cl. The average molecular weight is 593 g/mol. The van der Waals surface area contributed by atoms with Crippen LogP contribution in [0.1, 0.15) is 57.6 Å². The maximum atomic E-state index is 14.1. The van der Waals surface area contributed by atoms with E-state index in [9.17, 15) is 45.1 Å². The van der Waals surface area contributed by atoms with Crippen LogP contribution in [0.5, 0.6) is 0 Å². The van der Waals surface area contributed by atoms with Gasteiger partial charge in [0.25, 0.3) is 18.2 Å². The molecule has 0 aliphatic rings. The van der Waals surface area contributed by atoms with Crippen LogP contribution < -0.4 is 10.6 Å². The van der Waals surface area contributed by atoms with Crippen LogP contribution in [-0.4, -0.2) is 40.1 Å². The van der Waals surface area contributed by atoms with E-state index in [1.807, 2.05) is 5.32 Å². The molecule has 0 aliphatic carbocycles. The van der Waals surface area contributed by atoms with Crippen LogP contribution >= 0.6 is 11.6 Å². The summed E-state index contributed by atoms with van der Waals surface area (Å²) in [6.45, 7) is 0.922. The summed E-state index contributed by atoms with van der Waals surface area (Å²) in [5.41, 5.74) is -2.25. The maximum absolute atomic E-state index is 14.1. The predicted molar refractivity (Wildman–Crippen MR) is 130 cm³/mol. The smallest absolute Gasteiger partial charge is 0.344 e. The molecule has 2 N–H and O–H groups in total. The van der Waals surface area contributed by atoms with Gasteiger partial charge in [0, 0.05) is 16.5 Å². The Balaban J connectivity index is 2.20. The van der Waals surface area contributed by atoms with Crippen LogP contribution in [0.2, 0.25) is 5.02 Å². The number of rotatable bonds is 9. The molecule has 0 fully saturated rings. The number of benzene rings is 2. The molecule has 0 bridgehead atoms. The average Bonchev–Trinajstić information content (AvgIpc) is 3.19. The lowest BCUT2D eigenvalue weighted by Crippen LogP contribution is -2.31. The van der Waals surface area contributed by atoms with Gasteiger partial charge < -0.3 is 15.2 Å². The summed E-state index contributed by atoms with van der Waals surface area (Å²) in [6.07, 6.45) is -7.93. The van der Waals surface area contributed by atoms with Crippen molar-refractivity contribution in [2.24, 2.45) is 0 Å². The van der Waals surface area contributed by atoms with Crippen LogP contribution in [0.25, 0.3) is 0 Å². The Morgan fingerprint density at radius 2 is 1.70 bits per heavy atom. The third-order valence-electron chi connectivity index (χ3n) is 5.56. The van der Waals surface area contributed by atoms with Crippen molar-refractivity contribution in [3.8, 4) is 0 Å². The first-order chi connectivity index (χ1) is 18.6.